The van der Waals surface area contributed by atoms with Gasteiger partial charge in [-0.25, -0.2) is 4.39 Å². The van der Waals surface area contributed by atoms with Gasteiger partial charge in [0, 0.05) is 12.2 Å². The number of anilines is 1. The minimum Gasteiger partial charge on any atom is -0.325 e. The van der Waals surface area contributed by atoms with E-state index in [1.54, 1.807) is 18.2 Å². The molecule has 29 heavy (non-hydrogen) atoms. The number of aromatic nitrogens is 3. The maximum Gasteiger partial charge on any atom is 0.234 e. The molecule has 0 unspecified atom stereocenters. The van der Waals surface area contributed by atoms with Gasteiger partial charge in [0.25, 0.3) is 0 Å². The first-order valence-electron chi connectivity index (χ1n) is 9.74. The molecule has 1 heterocycles. The van der Waals surface area contributed by atoms with Gasteiger partial charge in [0.2, 0.25) is 5.91 Å². The summed E-state index contributed by atoms with van der Waals surface area (Å²) >= 11 is 1.29. The fourth-order valence-electron chi connectivity index (χ4n) is 2.98. The van der Waals surface area contributed by atoms with Crippen molar-refractivity contribution in [2.24, 2.45) is 0 Å². The second-order valence-electron chi connectivity index (χ2n) is 6.80. The van der Waals surface area contributed by atoms with Gasteiger partial charge in [-0.2, -0.15) is 0 Å². The van der Waals surface area contributed by atoms with Crippen LogP contribution in [0.15, 0.2) is 53.7 Å². The second-order valence-corrected chi connectivity index (χ2v) is 7.74. The van der Waals surface area contributed by atoms with Gasteiger partial charge >= 0.3 is 0 Å². The van der Waals surface area contributed by atoms with Crippen LogP contribution in [0.2, 0.25) is 0 Å². The van der Waals surface area contributed by atoms with E-state index >= 15 is 0 Å². The van der Waals surface area contributed by atoms with E-state index in [0.717, 1.165) is 12.1 Å². The monoisotopic (exact) mass is 412 g/mol. The van der Waals surface area contributed by atoms with Gasteiger partial charge < -0.3 is 9.88 Å². The molecule has 0 fully saturated rings. The number of hydrogen-bond donors (Lipinski definition) is 1. The van der Waals surface area contributed by atoms with E-state index in [1.165, 1.54) is 23.4 Å². The standard InChI is InChI=1S/C22H25FN4OS/c1-4-15(3)16-10-12-17(13-11-16)24-20(28)14-29-22-26-25-21(27(22)5-2)18-8-6-7-9-19(18)23/h6-13,15H,4-5,14H2,1-3H3,(H,24,28)/t15-/m0/s1. The minimum atomic E-state index is -0.343. The Morgan fingerprint density at radius 3 is 2.52 bits per heavy atom. The van der Waals surface area contributed by atoms with Crippen molar-refractivity contribution < 1.29 is 9.18 Å². The molecule has 3 aromatic rings. The lowest BCUT2D eigenvalue weighted by Gasteiger charge is -2.11. The van der Waals surface area contributed by atoms with Crippen molar-refractivity contribution in [2.45, 2.75) is 44.8 Å². The average molecular weight is 413 g/mol. The van der Waals surface area contributed by atoms with Crippen molar-refractivity contribution in [3.63, 3.8) is 0 Å². The van der Waals surface area contributed by atoms with E-state index < -0.39 is 0 Å². The van der Waals surface area contributed by atoms with Crippen LogP contribution >= 0.6 is 11.8 Å². The van der Waals surface area contributed by atoms with Gasteiger partial charge in [0.05, 0.1) is 11.3 Å². The number of nitrogens with one attached hydrogen (secondary N) is 1. The Kier molecular flexibility index (Phi) is 7.04. The maximum absolute atomic E-state index is 14.1. The van der Waals surface area contributed by atoms with Crippen LogP contribution in [0.1, 0.15) is 38.7 Å². The Morgan fingerprint density at radius 2 is 1.86 bits per heavy atom. The van der Waals surface area contributed by atoms with Crippen molar-refractivity contribution in [1.82, 2.24) is 14.8 Å². The predicted molar refractivity (Wildman–Crippen MR) is 116 cm³/mol. The number of hydrogen-bond acceptors (Lipinski definition) is 4. The number of amides is 1. The minimum absolute atomic E-state index is 0.121. The Bertz CT molecular complexity index is 971. The largest absolute Gasteiger partial charge is 0.325 e. The molecule has 5 nitrogen and oxygen atoms in total. The molecular weight excluding hydrogens is 387 g/mol. The van der Waals surface area contributed by atoms with Gasteiger partial charge in [-0.15, -0.1) is 10.2 Å². The van der Waals surface area contributed by atoms with E-state index in [4.69, 9.17) is 0 Å². The van der Waals surface area contributed by atoms with Gasteiger partial charge in [-0.3, -0.25) is 4.79 Å². The summed E-state index contributed by atoms with van der Waals surface area (Å²) in [4.78, 5) is 12.3. The number of benzene rings is 2. The zero-order valence-corrected chi connectivity index (χ0v) is 17.7. The smallest absolute Gasteiger partial charge is 0.234 e. The lowest BCUT2D eigenvalue weighted by molar-refractivity contribution is -0.113. The highest BCUT2D eigenvalue weighted by Gasteiger charge is 2.17. The van der Waals surface area contributed by atoms with Crippen molar-refractivity contribution in [1.29, 1.82) is 0 Å². The summed E-state index contributed by atoms with van der Waals surface area (Å²) in [5.41, 5.74) is 2.43. The first kappa shape index (κ1) is 21.0. The quantitative estimate of drug-likeness (QED) is 0.507. The number of halogens is 1. The van der Waals surface area contributed by atoms with Crippen LogP contribution in [0.3, 0.4) is 0 Å². The van der Waals surface area contributed by atoms with Crippen molar-refractivity contribution in [3.05, 3.63) is 59.9 Å². The Morgan fingerprint density at radius 1 is 1.14 bits per heavy atom. The number of nitrogens with zero attached hydrogens (tertiary/aromatic N) is 3. The molecular formula is C22H25FN4OS. The van der Waals surface area contributed by atoms with Crippen molar-refractivity contribution in [2.75, 3.05) is 11.1 Å². The van der Waals surface area contributed by atoms with Crippen molar-refractivity contribution >= 4 is 23.4 Å². The summed E-state index contributed by atoms with van der Waals surface area (Å²) in [5, 5.41) is 11.8. The predicted octanol–water partition coefficient (Wildman–Crippen LogP) is 5.35. The third kappa shape index (κ3) is 5.03. The van der Waals surface area contributed by atoms with Crippen LogP contribution in [0, 0.1) is 5.82 Å². The van der Waals surface area contributed by atoms with Gasteiger partial charge in [0.1, 0.15) is 5.82 Å². The molecule has 1 amide bonds. The van der Waals surface area contributed by atoms with Gasteiger partial charge in [-0.05, 0) is 49.1 Å². The molecule has 0 aliphatic heterocycles. The lowest BCUT2D eigenvalue weighted by Crippen LogP contribution is -2.14. The molecule has 0 aliphatic carbocycles. The summed E-state index contributed by atoms with van der Waals surface area (Å²) in [6.45, 7) is 6.86. The van der Waals surface area contributed by atoms with E-state index in [0.29, 0.717) is 29.0 Å². The summed E-state index contributed by atoms with van der Waals surface area (Å²) in [6, 6.07) is 14.4. The van der Waals surface area contributed by atoms with E-state index in [9.17, 15) is 9.18 Å². The SMILES string of the molecule is CC[C@H](C)c1ccc(NC(=O)CSc2nnc(-c3ccccc3F)n2CC)cc1. The third-order valence-corrected chi connectivity index (χ3v) is 5.82. The highest BCUT2D eigenvalue weighted by atomic mass is 32.2. The second kappa shape index (κ2) is 9.69. The molecule has 0 saturated carbocycles. The molecule has 2 aromatic carbocycles. The highest BCUT2D eigenvalue weighted by Crippen LogP contribution is 2.26. The Labute approximate surface area is 174 Å². The van der Waals surface area contributed by atoms with E-state index in [1.807, 2.05) is 35.8 Å². The summed E-state index contributed by atoms with van der Waals surface area (Å²) in [6.07, 6.45) is 1.08. The summed E-state index contributed by atoms with van der Waals surface area (Å²) < 4.78 is 15.9. The third-order valence-electron chi connectivity index (χ3n) is 4.86. The first-order valence-corrected chi connectivity index (χ1v) is 10.7. The van der Waals surface area contributed by atoms with Crippen LogP contribution in [-0.4, -0.2) is 26.4 Å². The molecule has 1 atom stereocenters. The van der Waals surface area contributed by atoms with Crippen LogP contribution in [0.5, 0.6) is 0 Å². The summed E-state index contributed by atoms with van der Waals surface area (Å²) in [7, 11) is 0. The maximum atomic E-state index is 14.1. The molecule has 7 heteroatoms. The number of rotatable bonds is 8. The van der Waals surface area contributed by atoms with Crippen LogP contribution in [-0.2, 0) is 11.3 Å². The van der Waals surface area contributed by atoms with Crippen molar-refractivity contribution in [3.8, 4) is 11.4 Å². The highest BCUT2D eigenvalue weighted by molar-refractivity contribution is 7.99. The first-order chi connectivity index (χ1) is 14.0. The Balaban J connectivity index is 1.64. The number of carbonyl (C=O) groups is 1. The fourth-order valence-corrected chi connectivity index (χ4v) is 3.78. The number of thioether (sulfide) groups is 1. The molecule has 1 N–H and O–H groups in total. The molecule has 0 spiro atoms. The molecule has 0 aliphatic rings. The lowest BCUT2D eigenvalue weighted by atomic mass is 9.99. The summed E-state index contributed by atoms with van der Waals surface area (Å²) in [5.74, 6) is 0.699. The normalized spacial score (nSPS) is 12.0. The topological polar surface area (TPSA) is 59.8 Å². The average Bonchev–Trinajstić information content (AvgIpc) is 3.15. The van der Waals surface area contributed by atoms with E-state index in [2.05, 4.69) is 29.4 Å². The van der Waals surface area contributed by atoms with Gasteiger partial charge in [-0.1, -0.05) is 49.9 Å². The zero-order chi connectivity index (χ0) is 20.8. The molecule has 3 rings (SSSR count). The molecule has 152 valence electrons. The van der Waals surface area contributed by atoms with Crippen LogP contribution in [0.25, 0.3) is 11.4 Å². The van der Waals surface area contributed by atoms with Crippen LogP contribution < -0.4 is 5.32 Å². The molecule has 0 saturated heterocycles. The van der Waals surface area contributed by atoms with Gasteiger partial charge in [0.15, 0.2) is 11.0 Å². The molecule has 0 bridgehead atoms. The Hall–Kier alpha value is -2.67. The number of carbonyl (C=O) groups excluding carboxylic acids is 1. The molecule has 0 radical (unpaired) electrons. The zero-order valence-electron chi connectivity index (χ0n) is 16.9. The molecule has 1 aromatic heterocycles. The van der Waals surface area contributed by atoms with Crippen LogP contribution in [0.4, 0.5) is 10.1 Å². The fraction of sp³-hybridized carbons (Fsp3) is 0.318. The van der Waals surface area contributed by atoms with E-state index in [-0.39, 0.29) is 17.5 Å².